The van der Waals surface area contributed by atoms with Crippen LogP contribution >= 0.6 is 11.6 Å². The maximum Gasteiger partial charge on any atom is 0.134 e. The van der Waals surface area contributed by atoms with E-state index in [9.17, 15) is 0 Å². The van der Waals surface area contributed by atoms with Gasteiger partial charge >= 0.3 is 0 Å². The minimum Gasteiger partial charge on any atom is -0.506 e. The SMILES string of the molecule is CCCc1[c]c(Cl)c(O)cc1. The average molecular weight is 170 g/mol. The Kier molecular flexibility index (Phi) is 2.77. The number of phenolic OH excluding ortho intramolecular Hbond substituents is 1. The summed E-state index contributed by atoms with van der Waals surface area (Å²) in [6.07, 6.45) is 2.03. The number of halogens is 1. The van der Waals surface area contributed by atoms with Crippen LogP contribution in [-0.4, -0.2) is 5.11 Å². The monoisotopic (exact) mass is 169 g/mol. The summed E-state index contributed by atoms with van der Waals surface area (Å²) in [5.41, 5.74) is 1.05. The molecule has 0 heterocycles. The van der Waals surface area contributed by atoms with E-state index in [0.717, 1.165) is 18.4 Å². The zero-order valence-corrected chi connectivity index (χ0v) is 7.15. The lowest BCUT2D eigenvalue weighted by atomic mass is 10.1. The summed E-state index contributed by atoms with van der Waals surface area (Å²) < 4.78 is 0. The van der Waals surface area contributed by atoms with E-state index in [1.165, 1.54) is 0 Å². The van der Waals surface area contributed by atoms with Gasteiger partial charge in [0, 0.05) is 6.07 Å². The van der Waals surface area contributed by atoms with Crippen molar-refractivity contribution < 1.29 is 5.11 Å². The summed E-state index contributed by atoms with van der Waals surface area (Å²) >= 11 is 5.64. The van der Waals surface area contributed by atoms with Crippen LogP contribution in [0.5, 0.6) is 5.75 Å². The molecule has 1 aromatic rings. The Morgan fingerprint density at radius 1 is 1.55 bits per heavy atom. The minimum absolute atomic E-state index is 0.103. The van der Waals surface area contributed by atoms with Gasteiger partial charge in [-0.1, -0.05) is 31.0 Å². The molecular formula is C9H10ClO. The fourth-order valence-electron chi connectivity index (χ4n) is 0.915. The van der Waals surface area contributed by atoms with E-state index in [-0.39, 0.29) is 5.75 Å². The Bertz CT molecular complexity index is 245. The third kappa shape index (κ3) is 2.12. The second-order valence-corrected chi connectivity index (χ2v) is 2.81. The number of rotatable bonds is 2. The highest BCUT2D eigenvalue weighted by atomic mass is 35.5. The second kappa shape index (κ2) is 3.63. The lowest BCUT2D eigenvalue weighted by molar-refractivity contribution is 0.475. The van der Waals surface area contributed by atoms with Crippen LogP contribution in [0, 0.1) is 6.07 Å². The first-order valence-electron chi connectivity index (χ1n) is 3.63. The first kappa shape index (κ1) is 8.41. The first-order valence-corrected chi connectivity index (χ1v) is 4.01. The molecule has 0 atom stereocenters. The van der Waals surface area contributed by atoms with Crippen molar-refractivity contribution in [3.05, 3.63) is 28.8 Å². The molecule has 1 rings (SSSR count). The number of benzene rings is 1. The summed E-state index contributed by atoms with van der Waals surface area (Å²) in [7, 11) is 0. The fourth-order valence-corrected chi connectivity index (χ4v) is 1.10. The molecule has 1 radical (unpaired) electrons. The largest absolute Gasteiger partial charge is 0.506 e. The smallest absolute Gasteiger partial charge is 0.134 e. The van der Waals surface area contributed by atoms with E-state index >= 15 is 0 Å². The average Bonchev–Trinajstić information content (AvgIpc) is 1.98. The summed E-state index contributed by atoms with van der Waals surface area (Å²) in [6, 6.07) is 6.33. The molecule has 0 aliphatic heterocycles. The molecule has 11 heavy (non-hydrogen) atoms. The standard InChI is InChI=1S/C9H10ClO/c1-2-3-7-4-5-9(11)8(10)6-7/h4-5,11H,2-3H2,1H3. The van der Waals surface area contributed by atoms with Gasteiger partial charge in [0.05, 0.1) is 5.02 Å². The molecule has 1 N–H and O–H groups in total. The normalized spacial score (nSPS) is 10.0. The van der Waals surface area contributed by atoms with Crippen LogP contribution in [0.1, 0.15) is 18.9 Å². The minimum atomic E-state index is 0.103. The van der Waals surface area contributed by atoms with E-state index < -0.39 is 0 Å². The molecule has 0 aliphatic carbocycles. The van der Waals surface area contributed by atoms with Gasteiger partial charge in [-0.25, -0.2) is 0 Å². The van der Waals surface area contributed by atoms with Crippen molar-refractivity contribution in [2.75, 3.05) is 0 Å². The summed E-state index contributed by atoms with van der Waals surface area (Å²) in [4.78, 5) is 0. The van der Waals surface area contributed by atoms with Crippen LogP contribution in [0.15, 0.2) is 12.1 Å². The number of phenols is 1. The van der Waals surface area contributed by atoms with E-state index in [1.54, 1.807) is 6.07 Å². The highest BCUT2D eigenvalue weighted by Gasteiger charge is 1.98. The quantitative estimate of drug-likeness (QED) is 0.722. The Balaban J connectivity index is 2.86. The third-order valence-corrected chi connectivity index (χ3v) is 1.75. The molecule has 1 nitrogen and oxygen atoms in total. The molecule has 0 saturated heterocycles. The molecule has 0 aliphatic rings. The van der Waals surface area contributed by atoms with Gasteiger partial charge in [0.15, 0.2) is 0 Å². The van der Waals surface area contributed by atoms with E-state index in [2.05, 4.69) is 13.0 Å². The zero-order valence-electron chi connectivity index (χ0n) is 6.39. The predicted molar refractivity (Wildman–Crippen MR) is 45.9 cm³/mol. The second-order valence-electron chi connectivity index (χ2n) is 2.43. The van der Waals surface area contributed by atoms with Gasteiger partial charge in [-0.15, -0.1) is 0 Å². The number of aryl methyl sites for hydroxylation is 1. The molecule has 0 bridgehead atoms. The molecule has 0 amide bonds. The lowest BCUT2D eigenvalue weighted by Crippen LogP contribution is -1.82. The van der Waals surface area contributed by atoms with Crippen LogP contribution in [0.2, 0.25) is 5.02 Å². The lowest BCUT2D eigenvalue weighted by Gasteiger charge is -1.99. The van der Waals surface area contributed by atoms with Gasteiger partial charge in [0.2, 0.25) is 0 Å². The maximum absolute atomic E-state index is 9.05. The highest BCUT2D eigenvalue weighted by molar-refractivity contribution is 6.31. The summed E-state index contributed by atoms with van der Waals surface area (Å²) in [5, 5.41) is 9.36. The van der Waals surface area contributed by atoms with E-state index in [0.29, 0.717) is 5.02 Å². The van der Waals surface area contributed by atoms with Crippen molar-refractivity contribution in [2.45, 2.75) is 19.8 Å². The Hall–Kier alpha value is -0.690. The van der Waals surface area contributed by atoms with Crippen LogP contribution in [-0.2, 0) is 6.42 Å². The van der Waals surface area contributed by atoms with Crippen LogP contribution in [0.25, 0.3) is 0 Å². The van der Waals surface area contributed by atoms with E-state index in [1.807, 2.05) is 6.07 Å². The molecule has 0 aromatic heterocycles. The molecular weight excluding hydrogens is 160 g/mol. The van der Waals surface area contributed by atoms with Crippen molar-refractivity contribution in [1.29, 1.82) is 0 Å². The molecule has 1 aromatic carbocycles. The van der Waals surface area contributed by atoms with Gasteiger partial charge in [0.1, 0.15) is 5.75 Å². The molecule has 0 spiro atoms. The Labute approximate surface area is 71.6 Å². The van der Waals surface area contributed by atoms with Gasteiger partial charge in [0.25, 0.3) is 0 Å². The first-order chi connectivity index (χ1) is 5.24. The molecule has 0 unspecified atom stereocenters. The Morgan fingerprint density at radius 3 is 2.82 bits per heavy atom. The highest BCUT2D eigenvalue weighted by Crippen LogP contribution is 2.23. The molecule has 59 valence electrons. The van der Waals surface area contributed by atoms with Crippen molar-refractivity contribution in [3.63, 3.8) is 0 Å². The van der Waals surface area contributed by atoms with Gasteiger partial charge in [-0.2, -0.15) is 0 Å². The summed E-state index contributed by atoms with van der Waals surface area (Å²) in [6.45, 7) is 2.09. The molecule has 0 fully saturated rings. The summed E-state index contributed by atoms with van der Waals surface area (Å²) in [5.74, 6) is 0.103. The topological polar surface area (TPSA) is 20.2 Å². The molecule has 2 heteroatoms. The third-order valence-electron chi connectivity index (χ3n) is 1.46. The van der Waals surface area contributed by atoms with Crippen molar-refractivity contribution >= 4 is 11.6 Å². The maximum atomic E-state index is 9.05. The van der Waals surface area contributed by atoms with Gasteiger partial charge in [-0.3, -0.25) is 0 Å². The molecule has 0 saturated carbocycles. The number of hydrogen-bond donors (Lipinski definition) is 1. The number of aromatic hydroxyl groups is 1. The Morgan fingerprint density at radius 2 is 2.27 bits per heavy atom. The van der Waals surface area contributed by atoms with Crippen LogP contribution in [0.4, 0.5) is 0 Å². The predicted octanol–water partition coefficient (Wildman–Crippen LogP) is 2.80. The van der Waals surface area contributed by atoms with Crippen LogP contribution < -0.4 is 0 Å². The van der Waals surface area contributed by atoms with Crippen molar-refractivity contribution in [1.82, 2.24) is 0 Å². The number of hydrogen-bond acceptors (Lipinski definition) is 1. The van der Waals surface area contributed by atoms with Crippen LogP contribution in [0.3, 0.4) is 0 Å². The van der Waals surface area contributed by atoms with Gasteiger partial charge < -0.3 is 5.11 Å². The van der Waals surface area contributed by atoms with Crippen molar-refractivity contribution in [2.24, 2.45) is 0 Å². The van der Waals surface area contributed by atoms with Crippen molar-refractivity contribution in [3.8, 4) is 5.75 Å². The zero-order chi connectivity index (χ0) is 8.27. The fraction of sp³-hybridized carbons (Fsp3) is 0.333. The van der Waals surface area contributed by atoms with Gasteiger partial charge in [-0.05, 0) is 18.1 Å². The van der Waals surface area contributed by atoms with E-state index in [4.69, 9.17) is 16.7 Å².